The molecule has 3 heterocycles. The van der Waals surface area contributed by atoms with Gasteiger partial charge in [-0.3, -0.25) is 4.79 Å². The lowest BCUT2D eigenvalue weighted by atomic mass is 9.46. The first-order chi connectivity index (χ1) is 21.0. The number of carbonyl (C=O) groups is 1. The summed E-state index contributed by atoms with van der Waals surface area (Å²) in [5, 5.41) is 20.2. The molecule has 45 heavy (non-hydrogen) atoms. The third kappa shape index (κ3) is 3.90. The van der Waals surface area contributed by atoms with Crippen molar-refractivity contribution in [2.75, 3.05) is 6.61 Å². The molecular formula is C37H58O8. The third-order valence-electron chi connectivity index (χ3n) is 16.0. The number of fused-ring (bicyclic) bond motifs is 4. The fourth-order valence-corrected chi connectivity index (χ4v) is 14.6. The van der Waals surface area contributed by atoms with Crippen LogP contribution in [0.2, 0.25) is 0 Å². The van der Waals surface area contributed by atoms with Gasteiger partial charge in [0.25, 0.3) is 0 Å². The number of aliphatic hydroxyl groups excluding tert-OH is 2. The molecule has 3 spiro atoms. The fourth-order valence-electron chi connectivity index (χ4n) is 14.6. The number of rotatable bonds is 4. The quantitative estimate of drug-likeness (QED) is 0.306. The van der Waals surface area contributed by atoms with Crippen molar-refractivity contribution in [3.63, 3.8) is 0 Å². The number of hydrogen-bond donors (Lipinski definition) is 2. The molecule has 0 radical (unpaired) electrons. The van der Waals surface area contributed by atoms with Crippen LogP contribution in [0.25, 0.3) is 0 Å². The summed E-state index contributed by atoms with van der Waals surface area (Å²) in [7, 11) is 0. The molecule has 0 aromatic carbocycles. The van der Waals surface area contributed by atoms with Gasteiger partial charge in [0.05, 0.1) is 24.9 Å². The standard InChI is InChI=1S/C37H58O8/c1-19-15-26-31(33(6,7)43-21(3)38)45-37(44-26)17-23-22-9-10-27-32(4,5)28(42-29-16-24(39)25(40)18-41-29)11-12-36(27)20(2)35(22,36)14-13-34(23,8)30(19)37/h19-20,22-31,39-40H,9-18H2,1-8H3/t19?,20-,22-,23?,24+,25+,26?,27?,28-,29-,30?,31?,34-,35-,36?,37?/m0/s1. The van der Waals surface area contributed by atoms with Crippen molar-refractivity contribution in [1.29, 1.82) is 0 Å². The van der Waals surface area contributed by atoms with Gasteiger partial charge in [-0.25, -0.2) is 0 Å². The summed E-state index contributed by atoms with van der Waals surface area (Å²) in [4.78, 5) is 12.0. The summed E-state index contributed by atoms with van der Waals surface area (Å²) < 4.78 is 32.5. The number of carbonyl (C=O) groups excluding carboxylic acids is 1. The molecule has 5 aliphatic carbocycles. The molecule has 8 heteroatoms. The molecule has 0 amide bonds. The Morgan fingerprint density at radius 2 is 1.67 bits per heavy atom. The highest BCUT2D eigenvalue weighted by Crippen LogP contribution is 2.90. The van der Waals surface area contributed by atoms with Crippen LogP contribution in [0.5, 0.6) is 0 Å². The Bertz CT molecular complexity index is 1230. The van der Waals surface area contributed by atoms with E-state index in [0.717, 1.165) is 19.3 Å². The van der Waals surface area contributed by atoms with Crippen molar-refractivity contribution in [3.05, 3.63) is 0 Å². The normalized spacial score (nSPS) is 57.6. The second-order valence-electron chi connectivity index (χ2n) is 18.4. The molecule has 254 valence electrons. The van der Waals surface area contributed by atoms with Gasteiger partial charge >= 0.3 is 5.97 Å². The van der Waals surface area contributed by atoms with Crippen molar-refractivity contribution in [2.24, 2.45) is 57.2 Å². The molecule has 2 N–H and O–H groups in total. The minimum atomic E-state index is -0.828. The van der Waals surface area contributed by atoms with E-state index in [1.807, 2.05) is 13.8 Å². The smallest absolute Gasteiger partial charge is 0.303 e. The molecule has 8 fully saturated rings. The minimum absolute atomic E-state index is 0.00336. The topological polar surface area (TPSA) is 104 Å². The van der Waals surface area contributed by atoms with E-state index in [-0.39, 0.29) is 41.7 Å². The molecule has 8 nitrogen and oxygen atoms in total. The first-order valence-corrected chi connectivity index (χ1v) is 18.2. The Hall–Kier alpha value is -0.770. The van der Waals surface area contributed by atoms with E-state index < -0.39 is 29.9 Å². The molecule has 0 aromatic rings. The first-order valence-electron chi connectivity index (χ1n) is 18.2. The number of aliphatic hydroxyl groups is 2. The van der Waals surface area contributed by atoms with E-state index in [9.17, 15) is 15.0 Å². The molecule has 0 aromatic heterocycles. The first kappa shape index (κ1) is 31.5. The number of esters is 1. The molecule has 2 bridgehead atoms. The zero-order valence-corrected chi connectivity index (χ0v) is 28.8. The van der Waals surface area contributed by atoms with E-state index in [2.05, 4.69) is 34.6 Å². The number of ether oxygens (including phenoxy) is 5. The van der Waals surface area contributed by atoms with Crippen molar-refractivity contribution >= 4 is 5.97 Å². The molecule has 3 aliphatic heterocycles. The van der Waals surface area contributed by atoms with Crippen LogP contribution in [-0.4, -0.2) is 71.0 Å². The van der Waals surface area contributed by atoms with Gasteiger partial charge in [-0.15, -0.1) is 0 Å². The average molecular weight is 631 g/mol. The molecule has 5 saturated carbocycles. The summed E-state index contributed by atoms with van der Waals surface area (Å²) in [5.41, 5.74) is 0.164. The second kappa shape index (κ2) is 9.68. The minimum Gasteiger partial charge on any atom is -0.457 e. The van der Waals surface area contributed by atoms with Crippen LogP contribution in [0.3, 0.4) is 0 Å². The maximum Gasteiger partial charge on any atom is 0.303 e. The van der Waals surface area contributed by atoms with Crippen LogP contribution >= 0.6 is 0 Å². The highest BCUT2D eigenvalue weighted by Gasteiger charge is 2.86. The molecule has 3 saturated heterocycles. The Morgan fingerprint density at radius 1 is 0.911 bits per heavy atom. The zero-order chi connectivity index (χ0) is 32.1. The lowest BCUT2D eigenvalue weighted by Crippen LogP contribution is -2.56. The monoisotopic (exact) mass is 630 g/mol. The van der Waals surface area contributed by atoms with Crippen LogP contribution in [-0.2, 0) is 28.5 Å². The van der Waals surface area contributed by atoms with Crippen LogP contribution in [0.4, 0.5) is 0 Å². The van der Waals surface area contributed by atoms with E-state index in [0.29, 0.717) is 52.8 Å². The van der Waals surface area contributed by atoms with Gasteiger partial charge < -0.3 is 33.9 Å². The van der Waals surface area contributed by atoms with Crippen molar-refractivity contribution in [1.82, 2.24) is 0 Å². The van der Waals surface area contributed by atoms with Gasteiger partial charge in [-0.05, 0) is 110 Å². The summed E-state index contributed by atoms with van der Waals surface area (Å²) in [6.45, 7) is 18.0. The third-order valence-corrected chi connectivity index (χ3v) is 16.0. The molecular weight excluding hydrogens is 572 g/mol. The molecule has 8 aliphatic rings. The second-order valence-corrected chi connectivity index (χ2v) is 18.4. The van der Waals surface area contributed by atoms with Gasteiger partial charge in [0.1, 0.15) is 17.8 Å². The van der Waals surface area contributed by atoms with Crippen LogP contribution < -0.4 is 0 Å². The zero-order valence-electron chi connectivity index (χ0n) is 28.8. The Labute approximate surface area is 269 Å². The van der Waals surface area contributed by atoms with Gasteiger partial charge in [-0.2, -0.15) is 0 Å². The Kier molecular flexibility index (Phi) is 6.78. The van der Waals surface area contributed by atoms with Crippen molar-refractivity contribution in [2.45, 2.75) is 161 Å². The number of hydrogen-bond acceptors (Lipinski definition) is 8. The van der Waals surface area contributed by atoms with E-state index in [4.69, 9.17) is 23.7 Å². The summed E-state index contributed by atoms with van der Waals surface area (Å²) in [6.07, 6.45) is 7.20. The highest BCUT2D eigenvalue weighted by atomic mass is 16.8. The van der Waals surface area contributed by atoms with E-state index in [1.54, 1.807) is 0 Å². The summed E-state index contributed by atoms with van der Waals surface area (Å²) in [6, 6.07) is 0. The van der Waals surface area contributed by atoms with Gasteiger partial charge in [0.2, 0.25) is 0 Å². The Morgan fingerprint density at radius 3 is 2.38 bits per heavy atom. The lowest BCUT2D eigenvalue weighted by Gasteiger charge is -2.60. The predicted octanol–water partition coefficient (Wildman–Crippen LogP) is 5.61. The fraction of sp³-hybridized carbons (Fsp3) is 0.973. The van der Waals surface area contributed by atoms with Gasteiger partial charge in [0.15, 0.2) is 12.1 Å². The van der Waals surface area contributed by atoms with Crippen molar-refractivity contribution < 1.29 is 38.7 Å². The predicted molar refractivity (Wildman–Crippen MR) is 166 cm³/mol. The summed E-state index contributed by atoms with van der Waals surface area (Å²) >= 11 is 0. The van der Waals surface area contributed by atoms with E-state index in [1.165, 1.54) is 39.0 Å². The highest BCUT2D eigenvalue weighted by molar-refractivity contribution is 5.66. The van der Waals surface area contributed by atoms with Crippen LogP contribution in [0, 0.1) is 57.2 Å². The SMILES string of the molecule is CC(=O)OC(C)(C)C1OC23CC4[C@@H]5CCC6C(C)(C)[C@@H](O[C@H]7C[C@@H](O)[C@H](O)CO7)CCC67[C@@H](C)[C@@]57CC[C@]4(C)C2C(C)CC1O3. The average Bonchev–Trinajstić information content (AvgIpc) is 3.16. The largest absolute Gasteiger partial charge is 0.457 e. The summed E-state index contributed by atoms with van der Waals surface area (Å²) in [5.74, 6) is 2.54. The molecule has 8 unspecified atom stereocenters. The van der Waals surface area contributed by atoms with Gasteiger partial charge in [0, 0.05) is 25.7 Å². The molecule has 8 rings (SSSR count). The van der Waals surface area contributed by atoms with Gasteiger partial charge in [-0.1, -0.05) is 34.6 Å². The van der Waals surface area contributed by atoms with Crippen LogP contribution in [0.15, 0.2) is 0 Å². The maximum atomic E-state index is 12.0. The lowest BCUT2D eigenvalue weighted by molar-refractivity contribution is -0.264. The van der Waals surface area contributed by atoms with E-state index >= 15 is 0 Å². The Balaban J connectivity index is 1.06. The molecule has 16 atom stereocenters. The van der Waals surface area contributed by atoms with Crippen molar-refractivity contribution in [3.8, 4) is 0 Å². The van der Waals surface area contributed by atoms with Crippen LogP contribution in [0.1, 0.15) is 113 Å². The maximum absolute atomic E-state index is 12.0.